The molecular formula is C16H18FN3O. The molecule has 0 aliphatic carbocycles. The minimum absolute atomic E-state index is 0.187. The number of anilines is 1. The van der Waals surface area contributed by atoms with Crippen LogP contribution in [0, 0.1) is 11.7 Å². The fourth-order valence-corrected chi connectivity index (χ4v) is 2.66. The van der Waals surface area contributed by atoms with Crippen LogP contribution in [-0.4, -0.2) is 36.3 Å². The summed E-state index contributed by atoms with van der Waals surface area (Å²) >= 11 is 0. The number of ether oxygens (including phenoxy) is 1. The molecular weight excluding hydrogens is 269 g/mol. The van der Waals surface area contributed by atoms with Gasteiger partial charge in [-0.05, 0) is 24.1 Å². The van der Waals surface area contributed by atoms with Crippen LogP contribution in [0.5, 0.6) is 0 Å². The molecule has 1 atom stereocenters. The summed E-state index contributed by atoms with van der Waals surface area (Å²) in [7, 11) is 0. The van der Waals surface area contributed by atoms with E-state index < -0.39 is 0 Å². The first-order chi connectivity index (χ1) is 10.3. The standard InChI is InChI=1S/C16H18FN3O/c17-15-3-1-2-13(9-15)8-14-11-20(6-7-21-12-14)16-10-18-4-5-19-16/h1-5,9-10,14H,6-8,11-12H2/t14-/m1/s1. The SMILES string of the molecule is Fc1cccc(C[C@H]2COCCN(c3cnccn3)C2)c1. The maximum atomic E-state index is 13.3. The van der Waals surface area contributed by atoms with Crippen molar-refractivity contribution in [2.24, 2.45) is 5.92 Å². The number of hydrogen-bond acceptors (Lipinski definition) is 4. The summed E-state index contributed by atoms with van der Waals surface area (Å²) in [6.45, 7) is 3.01. The van der Waals surface area contributed by atoms with Crippen molar-refractivity contribution in [2.45, 2.75) is 6.42 Å². The van der Waals surface area contributed by atoms with Gasteiger partial charge < -0.3 is 9.64 Å². The van der Waals surface area contributed by atoms with Gasteiger partial charge in [0.2, 0.25) is 0 Å². The smallest absolute Gasteiger partial charge is 0.147 e. The van der Waals surface area contributed by atoms with Gasteiger partial charge >= 0.3 is 0 Å². The lowest BCUT2D eigenvalue weighted by molar-refractivity contribution is 0.123. The summed E-state index contributed by atoms with van der Waals surface area (Å²) in [5, 5.41) is 0. The summed E-state index contributed by atoms with van der Waals surface area (Å²) in [6.07, 6.45) is 5.93. The monoisotopic (exact) mass is 287 g/mol. The molecule has 1 aromatic heterocycles. The van der Waals surface area contributed by atoms with E-state index in [-0.39, 0.29) is 5.82 Å². The van der Waals surface area contributed by atoms with Crippen molar-refractivity contribution in [1.82, 2.24) is 9.97 Å². The second-order valence-electron chi connectivity index (χ2n) is 5.28. The van der Waals surface area contributed by atoms with E-state index in [1.54, 1.807) is 30.7 Å². The summed E-state index contributed by atoms with van der Waals surface area (Å²) in [5.74, 6) is 0.997. The number of aromatic nitrogens is 2. The molecule has 0 saturated carbocycles. The minimum Gasteiger partial charge on any atom is -0.379 e. The Morgan fingerprint density at radius 3 is 3.10 bits per heavy atom. The lowest BCUT2D eigenvalue weighted by Gasteiger charge is -2.24. The highest BCUT2D eigenvalue weighted by molar-refractivity contribution is 5.35. The van der Waals surface area contributed by atoms with Gasteiger partial charge in [0.25, 0.3) is 0 Å². The molecule has 4 nitrogen and oxygen atoms in total. The molecule has 0 spiro atoms. The maximum absolute atomic E-state index is 13.3. The maximum Gasteiger partial charge on any atom is 0.147 e. The molecule has 1 aromatic carbocycles. The highest BCUT2D eigenvalue weighted by atomic mass is 19.1. The zero-order valence-corrected chi connectivity index (χ0v) is 11.8. The van der Waals surface area contributed by atoms with Crippen molar-refractivity contribution in [1.29, 1.82) is 0 Å². The molecule has 0 bridgehead atoms. The summed E-state index contributed by atoms with van der Waals surface area (Å²) in [4.78, 5) is 10.6. The number of nitrogens with zero attached hydrogens (tertiary/aromatic N) is 3. The Morgan fingerprint density at radius 2 is 2.29 bits per heavy atom. The predicted molar refractivity (Wildman–Crippen MR) is 78.7 cm³/mol. The van der Waals surface area contributed by atoms with Gasteiger partial charge in [-0.3, -0.25) is 4.98 Å². The van der Waals surface area contributed by atoms with Crippen molar-refractivity contribution in [2.75, 3.05) is 31.2 Å². The van der Waals surface area contributed by atoms with Crippen LogP contribution in [0.1, 0.15) is 5.56 Å². The highest BCUT2D eigenvalue weighted by Crippen LogP contribution is 2.18. The van der Waals surface area contributed by atoms with Crippen LogP contribution >= 0.6 is 0 Å². The van der Waals surface area contributed by atoms with E-state index in [4.69, 9.17) is 4.74 Å². The van der Waals surface area contributed by atoms with E-state index in [1.165, 1.54) is 6.07 Å². The van der Waals surface area contributed by atoms with Gasteiger partial charge in [-0.15, -0.1) is 0 Å². The van der Waals surface area contributed by atoms with Gasteiger partial charge in [0.15, 0.2) is 0 Å². The average molecular weight is 287 g/mol. The molecule has 110 valence electrons. The van der Waals surface area contributed by atoms with Crippen LogP contribution in [0.3, 0.4) is 0 Å². The Balaban J connectivity index is 1.70. The third-order valence-electron chi connectivity index (χ3n) is 3.62. The number of rotatable bonds is 3. The van der Waals surface area contributed by atoms with Crippen LogP contribution in [0.25, 0.3) is 0 Å². The van der Waals surface area contributed by atoms with Crippen molar-refractivity contribution >= 4 is 5.82 Å². The number of benzene rings is 1. The Morgan fingerprint density at radius 1 is 1.33 bits per heavy atom. The molecule has 1 fully saturated rings. The molecule has 0 amide bonds. The van der Waals surface area contributed by atoms with E-state index in [2.05, 4.69) is 14.9 Å². The summed E-state index contributed by atoms with van der Waals surface area (Å²) in [6, 6.07) is 6.78. The largest absolute Gasteiger partial charge is 0.379 e. The number of hydrogen-bond donors (Lipinski definition) is 0. The topological polar surface area (TPSA) is 38.2 Å². The first-order valence-corrected chi connectivity index (χ1v) is 7.14. The van der Waals surface area contributed by atoms with Gasteiger partial charge in [0.1, 0.15) is 11.6 Å². The molecule has 5 heteroatoms. The molecule has 1 aliphatic heterocycles. The third kappa shape index (κ3) is 3.76. The Kier molecular flexibility index (Phi) is 4.40. The highest BCUT2D eigenvalue weighted by Gasteiger charge is 2.20. The van der Waals surface area contributed by atoms with Crippen molar-refractivity contribution in [3.8, 4) is 0 Å². The van der Waals surface area contributed by atoms with Crippen LogP contribution in [0.2, 0.25) is 0 Å². The zero-order chi connectivity index (χ0) is 14.5. The van der Waals surface area contributed by atoms with Crippen LogP contribution < -0.4 is 4.90 Å². The Labute approximate surface area is 123 Å². The van der Waals surface area contributed by atoms with Crippen LogP contribution in [0.4, 0.5) is 10.2 Å². The fourth-order valence-electron chi connectivity index (χ4n) is 2.66. The first kappa shape index (κ1) is 13.9. The molecule has 1 aliphatic rings. The first-order valence-electron chi connectivity index (χ1n) is 7.14. The molecule has 2 aromatic rings. The molecule has 1 saturated heterocycles. The minimum atomic E-state index is -0.187. The van der Waals surface area contributed by atoms with Gasteiger partial charge in [0.05, 0.1) is 19.4 Å². The molecule has 0 N–H and O–H groups in total. The molecule has 3 rings (SSSR count). The van der Waals surface area contributed by atoms with Crippen molar-refractivity contribution in [3.63, 3.8) is 0 Å². The van der Waals surface area contributed by atoms with E-state index in [1.807, 2.05) is 6.07 Å². The lowest BCUT2D eigenvalue weighted by atomic mass is 9.99. The molecule has 21 heavy (non-hydrogen) atoms. The Bertz CT molecular complexity index is 579. The van der Waals surface area contributed by atoms with Gasteiger partial charge in [-0.1, -0.05) is 12.1 Å². The van der Waals surface area contributed by atoms with Gasteiger partial charge in [-0.25, -0.2) is 9.37 Å². The van der Waals surface area contributed by atoms with E-state index >= 15 is 0 Å². The predicted octanol–water partition coefficient (Wildman–Crippen LogP) is 2.31. The van der Waals surface area contributed by atoms with Crippen molar-refractivity contribution < 1.29 is 9.13 Å². The van der Waals surface area contributed by atoms with Crippen LogP contribution in [0.15, 0.2) is 42.9 Å². The fraction of sp³-hybridized carbons (Fsp3) is 0.375. The molecule has 2 heterocycles. The van der Waals surface area contributed by atoms with Crippen molar-refractivity contribution in [3.05, 3.63) is 54.2 Å². The normalized spacial score (nSPS) is 19.3. The van der Waals surface area contributed by atoms with Gasteiger partial charge in [-0.2, -0.15) is 0 Å². The third-order valence-corrected chi connectivity index (χ3v) is 3.62. The zero-order valence-electron chi connectivity index (χ0n) is 11.8. The van der Waals surface area contributed by atoms with E-state index in [0.717, 1.165) is 30.9 Å². The van der Waals surface area contributed by atoms with E-state index in [9.17, 15) is 4.39 Å². The summed E-state index contributed by atoms with van der Waals surface area (Å²) < 4.78 is 19.0. The summed E-state index contributed by atoms with van der Waals surface area (Å²) in [5.41, 5.74) is 1.00. The second kappa shape index (κ2) is 6.63. The van der Waals surface area contributed by atoms with Crippen LogP contribution in [-0.2, 0) is 11.2 Å². The molecule has 0 radical (unpaired) electrons. The quantitative estimate of drug-likeness (QED) is 0.868. The number of halogens is 1. The second-order valence-corrected chi connectivity index (χ2v) is 5.28. The van der Waals surface area contributed by atoms with E-state index in [0.29, 0.717) is 19.1 Å². The average Bonchev–Trinajstić information content (AvgIpc) is 2.74. The lowest BCUT2D eigenvalue weighted by Crippen LogP contribution is -2.31. The Hall–Kier alpha value is -2.01. The van der Waals surface area contributed by atoms with Gasteiger partial charge in [0, 0.05) is 31.4 Å². The molecule has 0 unspecified atom stereocenters.